The number of hydrogen-bond acceptors (Lipinski definition) is 8. The summed E-state index contributed by atoms with van der Waals surface area (Å²) in [6, 6.07) is 0. The Morgan fingerprint density at radius 1 is 0.463 bits per heavy atom. The van der Waals surface area contributed by atoms with Gasteiger partial charge in [-0.05, 0) is 89.9 Å². The Bertz CT molecular complexity index is 1500. The molecule has 2 atom stereocenters. The second-order valence-electron chi connectivity index (χ2n) is 16.7. The summed E-state index contributed by atoms with van der Waals surface area (Å²) in [5, 5.41) is 0. The molecule has 0 fully saturated rings. The van der Waals surface area contributed by atoms with Crippen molar-refractivity contribution in [1.82, 2.24) is 0 Å². The number of phosphoric acid groups is 1. The van der Waals surface area contributed by atoms with Gasteiger partial charge in [0.2, 0.25) is 0 Å². The van der Waals surface area contributed by atoms with Crippen molar-refractivity contribution in [2.24, 2.45) is 5.73 Å². The van der Waals surface area contributed by atoms with Gasteiger partial charge in [-0.1, -0.05) is 212 Å². The minimum Gasteiger partial charge on any atom is -0.462 e. The van der Waals surface area contributed by atoms with Crippen molar-refractivity contribution in [2.75, 3.05) is 26.4 Å². The van der Waals surface area contributed by atoms with Crippen LogP contribution in [0.3, 0.4) is 0 Å². The summed E-state index contributed by atoms with van der Waals surface area (Å²) >= 11 is 0. The number of allylic oxidation sites excluding steroid dienone is 20. The molecule has 0 saturated carbocycles. The number of phosphoric ester groups is 1. The summed E-state index contributed by atoms with van der Waals surface area (Å²) in [4.78, 5) is 35.0. The van der Waals surface area contributed by atoms with Crippen molar-refractivity contribution in [3.05, 3.63) is 122 Å². The van der Waals surface area contributed by atoms with Crippen molar-refractivity contribution < 1.29 is 37.6 Å². The van der Waals surface area contributed by atoms with E-state index in [4.69, 9.17) is 24.3 Å². The number of unbranched alkanes of at least 4 members (excludes halogenated alkanes) is 14. The molecule has 0 saturated heterocycles. The van der Waals surface area contributed by atoms with Crippen LogP contribution in [-0.4, -0.2) is 49.3 Å². The molecular formula is C57H94NO8P. The highest BCUT2D eigenvalue weighted by molar-refractivity contribution is 7.47. The highest BCUT2D eigenvalue weighted by Gasteiger charge is 2.26. The number of carbonyl (C=O) groups is 2. The first-order valence-corrected chi connectivity index (χ1v) is 27.5. The molecule has 2 unspecified atom stereocenters. The van der Waals surface area contributed by atoms with Gasteiger partial charge in [0, 0.05) is 19.4 Å². The van der Waals surface area contributed by atoms with Gasteiger partial charge in [-0.2, -0.15) is 0 Å². The average Bonchev–Trinajstić information content (AvgIpc) is 3.32. The summed E-state index contributed by atoms with van der Waals surface area (Å²) < 4.78 is 32.8. The lowest BCUT2D eigenvalue weighted by molar-refractivity contribution is -0.161. The highest BCUT2D eigenvalue weighted by atomic mass is 31.2. The third kappa shape index (κ3) is 51.6. The number of hydrogen-bond donors (Lipinski definition) is 2. The Labute approximate surface area is 409 Å². The number of rotatable bonds is 47. The van der Waals surface area contributed by atoms with E-state index in [9.17, 15) is 19.0 Å². The largest absolute Gasteiger partial charge is 0.472 e. The van der Waals surface area contributed by atoms with Crippen LogP contribution in [-0.2, 0) is 32.7 Å². The first-order chi connectivity index (χ1) is 32.8. The van der Waals surface area contributed by atoms with Crippen molar-refractivity contribution >= 4 is 19.8 Å². The van der Waals surface area contributed by atoms with Crippen LogP contribution in [0.5, 0.6) is 0 Å². The second-order valence-corrected chi connectivity index (χ2v) is 18.1. The molecule has 0 amide bonds. The number of ether oxygens (including phenoxy) is 2. The molecule has 0 bridgehead atoms. The zero-order valence-electron chi connectivity index (χ0n) is 42.1. The van der Waals surface area contributed by atoms with Crippen molar-refractivity contribution in [3.63, 3.8) is 0 Å². The zero-order chi connectivity index (χ0) is 48.8. The van der Waals surface area contributed by atoms with E-state index in [1.165, 1.54) is 64.2 Å². The fraction of sp³-hybridized carbons (Fsp3) is 0.614. The third-order valence-electron chi connectivity index (χ3n) is 10.4. The molecule has 9 nitrogen and oxygen atoms in total. The van der Waals surface area contributed by atoms with Crippen LogP contribution < -0.4 is 5.73 Å². The van der Waals surface area contributed by atoms with Crippen LogP contribution in [0.15, 0.2) is 122 Å². The van der Waals surface area contributed by atoms with Crippen LogP contribution in [0, 0.1) is 0 Å². The van der Waals surface area contributed by atoms with Crippen LogP contribution in [0.4, 0.5) is 0 Å². The van der Waals surface area contributed by atoms with Gasteiger partial charge >= 0.3 is 19.8 Å². The van der Waals surface area contributed by atoms with Gasteiger partial charge < -0.3 is 20.1 Å². The third-order valence-corrected chi connectivity index (χ3v) is 11.3. The minimum absolute atomic E-state index is 0.0406. The Morgan fingerprint density at radius 3 is 1.22 bits per heavy atom. The van der Waals surface area contributed by atoms with E-state index in [1.807, 2.05) is 0 Å². The van der Waals surface area contributed by atoms with Gasteiger partial charge in [0.15, 0.2) is 6.10 Å². The van der Waals surface area contributed by atoms with E-state index in [0.717, 1.165) is 96.3 Å². The molecule has 3 N–H and O–H groups in total. The second kappa shape index (κ2) is 51.8. The zero-order valence-corrected chi connectivity index (χ0v) is 43.0. The monoisotopic (exact) mass is 952 g/mol. The lowest BCUT2D eigenvalue weighted by Gasteiger charge is -2.19. The minimum atomic E-state index is -4.40. The number of carbonyl (C=O) groups excluding carboxylic acids is 2. The van der Waals surface area contributed by atoms with Gasteiger partial charge in [0.05, 0.1) is 13.2 Å². The maximum absolute atomic E-state index is 12.6. The van der Waals surface area contributed by atoms with Crippen LogP contribution in [0.1, 0.15) is 194 Å². The van der Waals surface area contributed by atoms with E-state index in [0.29, 0.717) is 6.42 Å². The topological polar surface area (TPSA) is 134 Å². The summed E-state index contributed by atoms with van der Waals surface area (Å²) in [7, 11) is -4.40. The summed E-state index contributed by atoms with van der Waals surface area (Å²) in [5.41, 5.74) is 5.36. The molecule has 0 aliphatic carbocycles. The van der Waals surface area contributed by atoms with E-state index in [-0.39, 0.29) is 32.6 Å². The normalized spacial score (nSPS) is 14.1. The molecule has 0 radical (unpaired) electrons. The fourth-order valence-electron chi connectivity index (χ4n) is 6.54. The number of esters is 2. The van der Waals surface area contributed by atoms with Crippen LogP contribution in [0.2, 0.25) is 0 Å². The van der Waals surface area contributed by atoms with Gasteiger partial charge in [0.25, 0.3) is 0 Å². The predicted octanol–water partition coefficient (Wildman–Crippen LogP) is 16.1. The molecule has 0 spiro atoms. The summed E-state index contributed by atoms with van der Waals surface area (Å²) in [6.45, 7) is 3.55. The van der Waals surface area contributed by atoms with Crippen molar-refractivity contribution in [1.29, 1.82) is 0 Å². The number of nitrogens with two attached hydrogens (primary N) is 1. The van der Waals surface area contributed by atoms with E-state index < -0.39 is 32.5 Å². The Morgan fingerprint density at radius 2 is 0.821 bits per heavy atom. The molecule has 0 aromatic heterocycles. The maximum Gasteiger partial charge on any atom is 0.472 e. The van der Waals surface area contributed by atoms with Gasteiger partial charge in [-0.15, -0.1) is 0 Å². The van der Waals surface area contributed by atoms with Crippen molar-refractivity contribution in [3.8, 4) is 0 Å². The molecule has 0 aromatic rings. The molecule has 380 valence electrons. The molecule has 0 aliphatic rings. The Balaban J connectivity index is 4.15. The molecule has 0 heterocycles. The molecule has 10 heteroatoms. The van der Waals surface area contributed by atoms with Crippen LogP contribution in [0.25, 0.3) is 0 Å². The van der Waals surface area contributed by atoms with E-state index >= 15 is 0 Å². The maximum atomic E-state index is 12.6. The highest BCUT2D eigenvalue weighted by Crippen LogP contribution is 2.43. The average molecular weight is 952 g/mol. The first-order valence-electron chi connectivity index (χ1n) is 26.0. The van der Waals surface area contributed by atoms with Gasteiger partial charge in [-0.25, -0.2) is 4.57 Å². The summed E-state index contributed by atoms with van der Waals surface area (Å²) in [6.07, 6.45) is 71.1. The predicted molar refractivity (Wildman–Crippen MR) is 284 cm³/mol. The fourth-order valence-corrected chi connectivity index (χ4v) is 7.31. The molecule has 67 heavy (non-hydrogen) atoms. The van der Waals surface area contributed by atoms with E-state index in [2.05, 4.69) is 135 Å². The smallest absolute Gasteiger partial charge is 0.462 e. The molecule has 0 rings (SSSR count). The van der Waals surface area contributed by atoms with Crippen molar-refractivity contribution in [2.45, 2.75) is 200 Å². The first kappa shape index (κ1) is 63.4. The van der Waals surface area contributed by atoms with Gasteiger partial charge in [0.1, 0.15) is 6.61 Å². The Hall–Kier alpha value is -3.59. The molecule has 0 aromatic carbocycles. The lowest BCUT2D eigenvalue weighted by Crippen LogP contribution is -2.29. The lowest BCUT2D eigenvalue weighted by atomic mass is 10.0. The Kier molecular flexibility index (Phi) is 49.0. The molecular weight excluding hydrogens is 858 g/mol. The molecule has 0 aliphatic heterocycles. The van der Waals surface area contributed by atoms with Gasteiger partial charge in [-0.3, -0.25) is 18.6 Å². The quantitative estimate of drug-likeness (QED) is 0.0265. The van der Waals surface area contributed by atoms with E-state index in [1.54, 1.807) is 0 Å². The van der Waals surface area contributed by atoms with Crippen LogP contribution >= 0.6 is 7.82 Å². The summed E-state index contributed by atoms with van der Waals surface area (Å²) in [5.74, 6) is -0.887. The SMILES string of the molecule is CC/C=C\C/C=C\C/C=C\C/C=C\C/C=C\C/C=C\C/C=C\C/C=C\C/C=C\C/C=C\CCCCC(=O)OC(COC(=O)CCCCCCCCCCCCCCC)COP(=O)(O)OCCN. The standard InChI is InChI=1S/C57H94NO8P/c1-3-5-7-9-11-13-15-17-18-19-20-21-22-23-24-25-26-27-28-29-30-31-32-33-34-35-36-38-40-42-44-46-48-50-57(60)66-55(54-65-67(61,62)64-52-51-58)53-63-56(59)49-47-45-43-41-39-37-16-14-12-10-8-6-4-2/h5,7,11,13,17-18,20-21,23-24,26-27,29-30,32-33,35-36,40,42,55H,3-4,6,8-10,12,14-16,19,22,25,28,31,34,37-39,41,43-54,58H2,1-2H3,(H,61,62)/b7-5-,13-11-,18-17-,21-20-,24-23-,27-26-,30-29-,33-32-,36-35-,42-40-.